The monoisotopic (exact) mass is 383 g/mol. The van der Waals surface area contributed by atoms with Gasteiger partial charge in [-0.25, -0.2) is 4.98 Å². The van der Waals surface area contributed by atoms with E-state index in [9.17, 15) is 9.59 Å². The highest BCUT2D eigenvalue weighted by molar-refractivity contribution is 7.18. The van der Waals surface area contributed by atoms with Gasteiger partial charge in [0.2, 0.25) is 5.91 Å². The second-order valence-electron chi connectivity index (χ2n) is 7.06. The third-order valence-corrected chi connectivity index (χ3v) is 6.04. The van der Waals surface area contributed by atoms with Crippen LogP contribution in [-0.4, -0.2) is 15.5 Å². The van der Waals surface area contributed by atoms with Gasteiger partial charge < -0.3 is 5.32 Å². The molecule has 2 aromatic heterocycles. The zero-order chi connectivity index (χ0) is 19.9. The van der Waals surface area contributed by atoms with E-state index < -0.39 is 6.04 Å². The molecule has 0 saturated heterocycles. The van der Waals surface area contributed by atoms with Crippen LogP contribution in [0, 0.1) is 27.7 Å². The van der Waals surface area contributed by atoms with Crippen LogP contribution in [0.25, 0.3) is 10.2 Å². The van der Waals surface area contributed by atoms with Crippen LogP contribution in [-0.2, 0) is 11.2 Å². The van der Waals surface area contributed by atoms with E-state index in [-0.39, 0.29) is 11.5 Å². The predicted octanol–water partition coefficient (Wildman–Crippen LogP) is 4.45. The molecule has 0 fully saturated rings. The highest BCUT2D eigenvalue weighted by Crippen LogP contribution is 2.25. The number of carbonyl (C=O) groups is 1. The number of hydrogen-bond donors (Lipinski definition) is 1. The van der Waals surface area contributed by atoms with Crippen LogP contribution in [0.2, 0.25) is 0 Å². The molecule has 3 rings (SSSR count). The van der Waals surface area contributed by atoms with E-state index in [1.54, 1.807) is 13.8 Å². The molecule has 1 aromatic carbocycles. The Morgan fingerprint density at radius 3 is 2.41 bits per heavy atom. The lowest BCUT2D eigenvalue weighted by molar-refractivity contribution is -0.118. The lowest BCUT2D eigenvalue weighted by atomic mass is 10.0. The number of nitrogens with zero attached hydrogens (tertiary/aromatic N) is 2. The molecular weight excluding hydrogens is 358 g/mol. The van der Waals surface area contributed by atoms with Gasteiger partial charge in [-0.3, -0.25) is 14.2 Å². The number of thiophene rings is 1. The minimum atomic E-state index is -0.653. The van der Waals surface area contributed by atoms with E-state index in [4.69, 9.17) is 0 Å². The van der Waals surface area contributed by atoms with Gasteiger partial charge in [-0.15, -0.1) is 11.3 Å². The van der Waals surface area contributed by atoms with Crippen molar-refractivity contribution >= 4 is 33.1 Å². The molecule has 0 radical (unpaired) electrons. The molecule has 3 aromatic rings. The summed E-state index contributed by atoms with van der Waals surface area (Å²) in [5, 5.41) is 3.59. The fourth-order valence-corrected chi connectivity index (χ4v) is 4.50. The molecule has 0 bridgehead atoms. The topological polar surface area (TPSA) is 64.0 Å². The quantitative estimate of drug-likeness (QED) is 0.724. The van der Waals surface area contributed by atoms with Crippen molar-refractivity contribution in [2.45, 2.75) is 54.0 Å². The van der Waals surface area contributed by atoms with Gasteiger partial charge in [0.05, 0.1) is 5.39 Å². The SMILES string of the molecule is CCc1cc2c(=O)n(C(C)C(=O)Nc3c(C)cc(C)cc3C)c(C)nc2s1. The molecule has 0 spiro atoms. The summed E-state index contributed by atoms with van der Waals surface area (Å²) in [4.78, 5) is 32.3. The third kappa shape index (κ3) is 3.54. The first-order valence-corrected chi connectivity index (χ1v) is 9.94. The van der Waals surface area contributed by atoms with Crippen molar-refractivity contribution in [2.75, 3.05) is 5.32 Å². The molecule has 0 aliphatic carbocycles. The largest absolute Gasteiger partial charge is 0.324 e. The van der Waals surface area contributed by atoms with E-state index in [2.05, 4.69) is 17.2 Å². The van der Waals surface area contributed by atoms with Gasteiger partial charge in [-0.1, -0.05) is 24.6 Å². The number of nitrogens with one attached hydrogen (secondary N) is 1. The highest BCUT2D eigenvalue weighted by atomic mass is 32.1. The Labute approximate surface area is 163 Å². The fourth-order valence-electron chi connectivity index (χ4n) is 3.50. The number of hydrogen-bond acceptors (Lipinski definition) is 4. The normalized spacial score (nSPS) is 12.4. The molecule has 0 saturated carbocycles. The molecule has 142 valence electrons. The van der Waals surface area contributed by atoms with E-state index >= 15 is 0 Å². The van der Waals surface area contributed by atoms with Gasteiger partial charge in [-0.05, 0) is 58.2 Å². The first kappa shape index (κ1) is 19.3. The average molecular weight is 384 g/mol. The molecule has 0 aliphatic heterocycles. The molecule has 1 amide bonds. The molecule has 1 N–H and O–H groups in total. The number of anilines is 1. The summed E-state index contributed by atoms with van der Waals surface area (Å²) >= 11 is 1.54. The lowest BCUT2D eigenvalue weighted by Crippen LogP contribution is -2.33. The van der Waals surface area contributed by atoms with Gasteiger partial charge >= 0.3 is 0 Å². The standard InChI is InChI=1S/C21H25N3O2S/c1-7-16-10-17-20(27-16)22-15(6)24(21(17)26)14(5)19(25)23-18-12(3)8-11(2)9-13(18)4/h8-10,14H,7H2,1-6H3,(H,23,25). The fraction of sp³-hybridized carbons (Fsp3) is 0.381. The number of fused-ring (bicyclic) bond motifs is 1. The van der Waals surface area contributed by atoms with E-state index in [0.29, 0.717) is 11.2 Å². The lowest BCUT2D eigenvalue weighted by Gasteiger charge is -2.19. The zero-order valence-corrected chi connectivity index (χ0v) is 17.5. The van der Waals surface area contributed by atoms with Crippen LogP contribution in [0.4, 0.5) is 5.69 Å². The van der Waals surface area contributed by atoms with E-state index in [1.165, 1.54) is 15.9 Å². The summed E-state index contributed by atoms with van der Waals surface area (Å²) in [6, 6.07) is 5.32. The van der Waals surface area contributed by atoms with Gasteiger partial charge in [0, 0.05) is 10.6 Å². The first-order chi connectivity index (χ1) is 12.7. The number of aryl methyl sites for hydroxylation is 5. The number of rotatable bonds is 4. The summed E-state index contributed by atoms with van der Waals surface area (Å²) < 4.78 is 1.49. The Hall–Kier alpha value is -2.47. The Balaban J connectivity index is 1.99. The summed E-state index contributed by atoms with van der Waals surface area (Å²) in [6.07, 6.45) is 0.863. The van der Waals surface area contributed by atoms with Gasteiger partial charge in [0.1, 0.15) is 16.7 Å². The maximum Gasteiger partial charge on any atom is 0.263 e. The first-order valence-electron chi connectivity index (χ1n) is 9.13. The summed E-state index contributed by atoms with van der Waals surface area (Å²) in [7, 11) is 0. The zero-order valence-electron chi connectivity index (χ0n) is 16.6. The van der Waals surface area contributed by atoms with Crippen LogP contribution >= 0.6 is 11.3 Å². The Morgan fingerprint density at radius 2 is 1.81 bits per heavy atom. The Morgan fingerprint density at radius 1 is 1.19 bits per heavy atom. The van der Waals surface area contributed by atoms with Crippen molar-refractivity contribution in [1.82, 2.24) is 9.55 Å². The van der Waals surface area contributed by atoms with Crippen molar-refractivity contribution in [3.8, 4) is 0 Å². The molecule has 27 heavy (non-hydrogen) atoms. The molecule has 1 unspecified atom stereocenters. The van der Waals surface area contributed by atoms with E-state index in [0.717, 1.165) is 38.5 Å². The van der Waals surface area contributed by atoms with Crippen molar-refractivity contribution in [3.63, 3.8) is 0 Å². The van der Waals surface area contributed by atoms with Crippen LogP contribution in [0.5, 0.6) is 0 Å². The van der Waals surface area contributed by atoms with Crippen molar-refractivity contribution in [3.05, 3.63) is 55.9 Å². The highest BCUT2D eigenvalue weighted by Gasteiger charge is 2.22. The van der Waals surface area contributed by atoms with Crippen LogP contribution in [0.15, 0.2) is 23.0 Å². The predicted molar refractivity (Wildman–Crippen MR) is 112 cm³/mol. The number of benzene rings is 1. The van der Waals surface area contributed by atoms with Crippen LogP contribution < -0.4 is 10.9 Å². The number of carbonyl (C=O) groups excluding carboxylic acids is 1. The molecule has 6 heteroatoms. The smallest absolute Gasteiger partial charge is 0.263 e. The second-order valence-corrected chi connectivity index (χ2v) is 8.17. The Kier molecular flexibility index (Phi) is 5.20. The Bertz CT molecular complexity index is 1070. The molecular formula is C21H25N3O2S. The van der Waals surface area contributed by atoms with E-state index in [1.807, 2.05) is 39.0 Å². The summed E-state index contributed by atoms with van der Waals surface area (Å²) in [6.45, 7) is 11.6. The van der Waals surface area contributed by atoms with Crippen molar-refractivity contribution in [2.24, 2.45) is 0 Å². The third-order valence-electron chi connectivity index (χ3n) is 4.87. The van der Waals surface area contributed by atoms with Gasteiger partial charge in [0.25, 0.3) is 5.56 Å². The van der Waals surface area contributed by atoms with Gasteiger partial charge in [-0.2, -0.15) is 0 Å². The minimum absolute atomic E-state index is 0.159. The average Bonchev–Trinajstić information content (AvgIpc) is 3.01. The molecule has 1 atom stereocenters. The molecule has 2 heterocycles. The van der Waals surface area contributed by atoms with Gasteiger partial charge in [0.15, 0.2) is 0 Å². The number of amides is 1. The molecule has 0 aliphatic rings. The number of aromatic nitrogens is 2. The minimum Gasteiger partial charge on any atom is -0.324 e. The molecule has 5 nitrogen and oxygen atoms in total. The second kappa shape index (κ2) is 7.27. The maximum absolute atomic E-state index is 13.0. The van der Waals surface area contributed by atoms with Crippen LogP contribution in [0.1, 0.15) is 47.3 Å². The summed E-state index contributed by atoms with van der Waals surface area (Å²) in [5.74, 6) is 0.333. The summed E-state index contributed by atoms with van der Waals surface area (Å²) in [5.41, 5.74) is 3.82. The maximum atomic E-state index is 13.0. The van der Waals surface area contributed by atoms with Crippen LogP contribution in [0.3, 0.4) is 0 Å². The van der Waals surface area contributed by atoms with Crippen molar-refractivity contribution < 1.29 is 4.79 Å². The van der Waals surface area contributed by atoms with Crippen molar-refractivity contribution in [1.29, 1.82) is 0 Å².